The van der Waals surface area contributed by atoms with Gasteiger partial charge in [0.1, 0.15) is 12.3 Å². The zero-order valence-electron chi connectivity index (χ0n) is 29.1. The second kappa shape index (κ2) is 15.3. The Morgan fingerprint density at radius 3 is 2.51 bits per heavy atom. The van der Waals surface area contributed by atoms with E-state index >= 15 is 0 Å². The van der Waals surface area contributed by atoms with E-state index in [4.69, 9.17) is 24.0 Å². The molecule has 0 fully saturated rings. The van der Waals surface area contributed by atoms with E-state index in [1.54, 1.807) is 49.0 Å². The van der Waals surface area contributed by atoms with E-state index in [0.29, 0.717) is 32.9 Å². The third kappa shape index (κ3) is 7.27. The normalized spacial score (nSPS) is 13.9. The quantitative estimate of drug-likeness (QED) is 0.0556. The maximum absolute atomic E-state index is 14.5. The highest BCUT2D eigenvalue weighted by Gasteiger charge is 2.34. The standard InChI is InChI=1S/C38H33N5O9S/c1-6-17-51-37(46)33-22(3)39-38-42(35(33)25-14-16-30(52-23(4)44)31(19-25)49-5)36(45)32(53-38)20-26-21-41(27-11-9-8-10-12-27)40-34(26)24-13-15-29(50-7-2)28(18-24)43(47)48/h6,8-16,18-21,35H,1,7,17H2,2-5H3. The monoisotopic (exact) mass is 735 g/mol. The molecular formula is C38H33N5O9S. The minimum absolute atomic E-state index is 0.0701. The van der Waals surface area contributed by atoms with Gasteiger partial charge in [0.25, 0.3) is 5.56 Å². The first-order valence-electron chi connectivity index (χ1n) is 16.3. The van der Waals surface area contributed by atoms with Gasteiger partial charge in [-0.05, 0) is 61.9 Å². The Bertz CT molecular complexity index is 2480. The molecule has 0 amide bonds. The molecule has 2 aromatic heterocycles. The largest absolute Gasteiger partial charge is 0.493 e. The molecule has 1 atom stereocenters. The number of hydrogen-bond donors (Lipinski definition) is 0. The van der Waals surface area contributed by atoms with Gasteiger partial charge in [-0.2, -0.15) is 5.10 Å². The molecule has 1 aliphatic rings. The molecule has 15 heteroatoms. The Labute approximate surface area is 306 Å². The van der Waals surface area contributed by atoms with Crippen LogP contribution in [0.4, 0.5) is 5.69 Å². The maximum Gasteiger partial charge on any atom is 0.338 e. The molecular weight excluding hydrogens is 703 g/mol. The lowest BCUT2D eigenvalue weighted by Crippen LogP contribution is -2.40. The number of fused-ring (bicyclic) bond motifs is 1. The number of benzene rings is 3. The summed E-state index contributed by atoms with van der Waals surface area (Å²) in [6, 6.07) is 17.6. The lowest BCUT2D eigenvalue weighted by atomic mass is 9.95. The number of allylic oxidation sites excluding steroid dienone is 1. The number of hydrogen-bond acceptors (Lipinski definition) is 12. The van der Waals surface area contributed by atoms with Crippen LogP contribution in [-0.2, 0) is 14.3 Å². The Balaban J connectivity index is 1.57. The first kappa shape index (κ1) is 36.2. The summed E-state index contributed by atoms with van der Waals surface area (Å²) in [5.74, 6) is -0.769. The number of rotatable bonds is 12. The van der Waals surface area contributed by atoms with Gasteiger partial charge in [0.05, 0.1) is 46.2 Å². The number of thiazole rings is 1. The highest BCUT2D eigenvalue weighted by atomic mass is 32.1. The van der Waals surface area contributed by atoms with Crippen LogP contribution in [0.25, 0.3) is 23.0 Å². The zero-order valence-corrected chi connectivity index (χ0v) is 29.9. The van der Waals surface area contributed by atoms with Crippen LogP contribution in [0.2, 0.25) is 0 Å². The summed E-state index contributed by atoms with van der Waals surface area (Å²) < 4.78 is 25.0. The van der Waals surface area contributed by atoms with Crippen molar-refractivity contribution in [2.75, 3.05) is 20.3 Å². The number of nitro groups is 1. The first-order chi connectivity index (χ1) is 25.5. The summed E-state index contributed by atoms with van der Waals surface area (Å²) in [4.78, 5) is 56.2. The molecule has 1 unspecified atom stereocenters. The van der Waals surface area contributed by atoms with E-state index in [9.17, 15) is 24.5 Å². The van der Waals surface area contributed by atoms with Gasteiger partial charge in [0, 0.05) is 30.3 Å². The van der Waals surface area contributed by atoms with Crippen molar-refractivity contribution in [1.82, 2.24) is 14.3 Å². The number of esters is 2. The summed E-state index contributed by atoms with van der Waals surface area (Å²) in [5.41, 5.74) is 2.22. The SMILES string of the molecule is C=CCOC(=O)C1=C(C)N=c2sc(=Cc3cn(-c4ccccc4)nc3-c3ccc(OCC)c([N+](=O)[O-])c3)c(=O)n2C1c1ccc(OC(C)=O)c(OC)c1. The third-order valence-corrected chi connectivity index (χ3v) is 9.09. The van der Waals surface area contributed by atoms with Crippen LogP contribution >= 0.6 is 11.3 Å². The summed E-state index contributed by atoms with van der Waals surface area (Å²) in [7, 11) is 1.41. The highest BCUT2D eigenvalue weighted by Crippen LogP contribution is 2.37. The average Bonchev–Trinajstić information content (AvgIpc) is 3.70. The molecule has 0 saturated heterocycles. The van der Waals surface area contributed by atoms with Crippen molar-refractivity contribution in [3.05, 3.63) is 138 Å². The summed E-state index contributed by atoms with van der Waals surface area (Å²) in [6.45, 7) is 8.44. The number of nitrogens with zero attached hydrogens (tertiary/aromatic N) is 5. The van der Waals surface area contributed by atoms with Gasteiger partial charge in [-0.25, -0.2) is 14.5 Å². The molecule has 0 radical (unpaired) electrons. The van der Waals surface area contributed by atoms with E-state index in [0.717, 1.165) is 17.0 Å². The van der Waals surface area contributed by atoms with Crippen molar-refractivity contribution in [1.29, 1.82) is 0 Å². The van der Waals surface area contributed by atoms with Crippen LogP contribution in [-0.4, -0.2) is 51.5 Å². The van der Waals surface area contributed by atoms with E-state index in [2.05, 4.69) is 11.6 Å². The van der Waals surface area contributed by atoms with Crippen LogP contribution in [0, 0.1) is 10.1 Å². The number of para-hydroxylation sites is 1. The summed E-state index contributed by atoms with van der Waals surface area (Å²) in [5, 5.41) is 16.8. The van der Waals surface area contributed by atoms with Gasteiger partial charge in [0.15, 0.2) is 22.0 Å². The lowest BCUT2D eigenvalue weighted by Gasteiger charge is -2.25. The molecule has 14 nitrogen and oxygen atoms in total. The Kier molecular flexibility index (Phi) is 10.5. The first-order valence-corrected chi connectivity index (χ1v) is 17.1. The highest BCUT2D eigenvalue weighted by molar-refractivity contribution is 7.07. The number of aromatic nitrogens is 3. The second-order valence-corrected chi connectivity index (χ2v) is 12.6. The fourth-order valence-electron chi connectivity index (χ4n) is 5.86. The predicted molar refractivity (Wildman–Crippen MR) is 196 cm³/mol. The Morgan fingerprint density at radius 1 is 1.08 bits per heavy atom. The molecule has 6 rings (SSSR count). The fraction of sp³-hybridized carbons (Fsp3) is 0.184. The minimum Gasteiger partial charge on any atom is -0.493 e. The molecule has 53 heavy (non-hydrogen) atoms. The number of ether oxygens (including phenoxy) is 4. The topological polar surface area (TPSA) is 166 Å². The van der Waals surface area contributed by atoms with Gasteiger partial charge >= 0.3 is 17.6 Å². The van der Waals surface area contributed by atoms with E-state index in [-0.39, 0.29) is 46.3 Å². The molecule has 0 N–H and O–H groups in total. The minimum atomic E-state index is -1.01. The molecule has 1 aliphatic heterocycles. The van der Waals surface area contributed by atoms with Crippen molar-refractivity contribution < 1.29 is 33.5 Å². The number of carbonyl (C=O) groups excluding carboxylic acids is 2. The lowest BCUT2D eigenvalue weighted by molar-refractivity contribution is -0.385. The van der Waals surface area contributed by atoms with Crippen molar-refractivity contribution in [2.45, 2.75) is 26.8 Å². The number of carbonyl (C=O) groups is 2. The van der Waals surface area contributed by atoms with E-state index in [1.165, 1.54) is 42.9 Å². The molecule has 0 saturated carbocycles. The van der Waals surface area contributed by atoms with Crippen LogP contribution in [0.3, 0.4) is 0 Å². The van der Waals surface area contributed by atoms with Crippen LogP contribution < -0.4 is 29.1 Å². The number of methoxy groups -OCH3 is 1. The second-order valence-electron chi connectivity index (χ2n) is 11.6. The summed E-state index contributed by atoms with van der Waals surface area (Å²) in [6.07, 6.45) is 4.80. The predicted octanol–water partition coefficient (Wildman–Crippen LogP) is 5.06. The van der Waals surface area contributed by atoms with Gasteiger partial charge in [-0.15, -0.1) is 0 Å². The third-order valence-electron chi connectivity index (χ3n) is 8.11. The number of nitro benzene ring substituents is 1. The van der Waals surface area contributed by atoms with Gasteiger partial charge < -0.3 is 18.9 Å². The zero-order chi connectivity index (χ0) is 37.8. The average molecular weight is 736 g/mol. The molecule has 3 heterocycles. The smallest absolute Gasteiger partial charge is 0.338 e. The van der Waals surface area contributed by atoms with Crippen LogP contribution in [0.1, 0.15) is 37.9 Å². The van der Waals surface area contributed by atoms with E-state index in [1.807, 2.05) is 30.3 Å². The molecule has 3 aromatic carbocycles. The summed E-state index contributed by atoms with van der Waals surface area (Å²) >= 11 is 1.10. The van der Waals surface area contributed by atoms with Crippen molar-refractivity contribution in [3.8, 4) is 34.2 Å². The van der Waals surface area contributed by atoms with Crippen molar-refractivity contribution in [3.63, 3.8) is 0 Å². The molecule has 0 bridgehead atoms. The molecule has 270 valence electrons. The molecule has 0 aliphatic carbocycles. The fourth-order valence-corrected chi connectivity index (χ4v) is 6.90. The Morgan fingerprint density at radius 2 is 1.83 bits per heavy atom. The van der Waals surface area contributed by atoms with Crippen LogP contribution in [0.5, 0.6) is 17.2 Å². The van der Waals surface area contributed by atoms with E-state index < -0.39 is 28.5 Å². The van der Waals surface area contributed by atoms with Crippen LogP contribution in [0.15, 0.2) is 107 Å². The van der Waals surface area contributed by atoms with Gasteiger partial charge in [-0.1, -0.05) is 48.3 Å². The van der Waals surface area contributed by atoms with Crippen molar-refractivity contribution >= 4 is 35.0 Å². The van der Waals surface area contributed by atoms with Crippen molar-refractivity contribution in [2.24, 2.45) is 4.99 Å². The molecule has 0 spiro atoms. The molecule has 5 aromatic rings. The maximum atomic E-state index is 14.5. The van der Waals surface area contributed by atoms with Gasteiger partial charge in [-0.3, -0.25) is 24.3 Å². The Hall–Kier alpha value is -6.61. The van der Waals surface area contributed by atoms with Gasteiger partial charge in [0.2, 0.25) is 0 Å².